The Morgan fingerprint density at radius 1 is 1.53 bits per heavy atom. The number of hydrogen-bond donors (Lipinski definition) is 1. The Bertz CT molecular complexity index is 317. The van der Waals surface area contributed by atoms with Gasteiger partial charge in [0, 0.05) is 20.2 Å². The summed E-state index contributed by atoms with van der Waals surface area (Å²) in [6, 6.07) is 0. The summed E-state index contributed by atoms with van der Waals surface area (Å²) in [5, 5.41) is 21.1. The van der Waals surface area contributed by atoms with Gasteiger partial charge < -0.3 is 9.84 Å². The number of likely N-dealkylation sites (N-methyl/N-ethyl adjacent to an activating group) is 1. The Morgan fingerprint density at radius 3 is 2.94 bits per heavy atom. The Labute approximate surface area is 101 Å². The Kier molecular flexibility index (Phi) is 6.03. The van der Waals surface area contributed by atoms with E-state index in [2.05, 4.69) is 22.4 Å². The molecule has 1 heterocycles. The summed E-state index contributed by atoms with van der Waals surface area (Å²) in [4.78, 5) is 1.97. The highest BCUT2D eigenvalue weighted by Crippen LogP contribution is 2.00. The van der Waals surface area contributed by atoms with Crippen LogP contribution in [-0.4, -0.2) is 63.6 Å². The lowest BCUT2D eigenvalue weighted by Crippen LogP contribution is -2.32. The third-order valence-electron chi connectivity index (χ3n) is 2.33. The number of ether oxygens (including phenoxy) is 1. The summed E-state index contributed by atoms with van der Waals surface area (Å²) in [5.41, 5.74) is 0. The van der Waals surface area contributed by atoms with E-state index in [9.17, 15) is 5.11 Å². The van der Waals surface area contributed by atoms with Gasteiger partial charge in [0.25, 0.3) is 0 Å². The van der Waals surface area contributed by atoms with Gasteiger partial charge >= 0.3 is 0 Å². The van der Waals surface area contributed by atoms with Gasteiger partial charge in [-0.2, -0.15) is 0 Å². The second-order valence-electron chi connectivity index (χ2n) is 4.12. The lowest BCUT2D eigenvalue weighted by Gasteiger charge is -2.19. The Morgan fingerprint density at radius 2 is 2.29 bits per heavy atom. The number of aliphatic hydroxyl groups excluding tert-OH is 1. The predicted octanol–water partition coefficient (Wildman–Crippen LogP) is -0.478. The van der Waals surface area contributed by atoms with Gasteiger partial charge in [0.2, 0.25) is 0 Å². The number of nitrogens with zero attached hydrogens (tertiary/aromatic N) is 5. The van der Waals surface area contributed by atoms with Gasteiger partial charge in [-0.1, -0.05) is 6.92 Å². The first-order valence-corrected chi connectivity index (χ1v) is 5.78. The Balaban J connectivity index is 2.44. The molecule has 1 atom stereocenters. The molecular weight excluding hydrogens is 222 g/mol. The van der Waals surface area contributed by atoms with Crippen LogP contribution in [-0.2, 0) is 17.8 Å². The molecule has 1 unspecified atom stereocenters. The monoisotopic (exact) mass is 243 g/mol. The SMILES string of the molecule is CCCn1nnnc1CN(C)CC(O)COC. The van der Waals surface area contributed by atoms with Crippen LogP contribution in [0.2, 0.25) is 0 Å². The van der Waals surface area contributed by atoms with Crippen molar-refractivity contribution >= 4 is 0 Å². The molecule has 0 saturated carbocycles. The molecule has 7 nitrogen and oxygen atoms in total. The van der Waals surface area contributed by atoms with Crippen molar-refractivity contribution in [3.05, 3.63) is 5.82 Å². The summed E-state index contributed by atoms with van der Waals surface area (Å²) >= 11 is 0. The number of tetrazole rings is 1. The van der Waals surface area contributed by atoms with Gasteiger partial charge in [0.1, 0.15) is 0 Å². The number of methoxy groups -OCH3 is 1. The van der Waals surface area contributed by atoms with Crippen molar-refractivity contribution in [3.63, 3.8) is 0 Å². The van der Waals surface area contributed by atoms with Crippen LogP contribution in [0.5, 0.6) is 0 Å². The highest BCUT2D eigenvalue weighted by Gasteiger charge is 2.12. The third kappa shape index (κ3) is 4.76. The van der Waals surface area contributed by atoms with Gasteiger partial charge in [-0.3, -0.25) is 4.90 Å². The fourth-order valence-electron chi connectivity index (χ4n) is 1.63. The number of hydrogen-bond acceptors (Lipinski definition) is 6. The minimum Gasteiger partial charge on any atom is -0.389 e. The van der Waals surface area contributed by atoms with E-state index in [0.29, 0.717) is 19.7 Å². The van der Waals surface area contributed by atoms with Crippen molar-refractivity contribution in [2.45, 2.75) is 32.5 Å². The van der Waals surface area contributed by atoms with Crippen molar-refractivity contribution in [2.75, 3.05) is 27.3 Å². The van der Waals surface area contributed by atoms with Crippen molar-refractivity contribution in [2.24, 2.45) is 0 Å². The van der Waals surface area contributed by atoms with E-state index in [-0.39, 0.29) is 0 Å². The fraction of sp³-hybridized carbons (Fsp3) is 0.900. The van der Waals surface area contributed by atoms with Crippen LogP contribution in [0.25, 0.3) is 0 Å². The number of rotatable bonds is 8. The van der Waals surface area contributed by atoms with Gasteiger partial charge in [-0.25, -0.2) is 4.68 Å². The van der Waals surface area contributed by atoms with Gasteiger partial charge in [-0.15, -0.1) is 5.10 Å². The molecule has 1 aromatic heterocycles. The molecule has 1 aromatic rings. The van der Waals surface area contributed by atoms with E-state index in [4.69, 9.17) is 4.74 Å². The van der Waals surface area contributed by atoms with Crippen molar-refractivity contribution < 1.29 is 9.84 Å². The van der Waals surface area contributed by atoms with E-state index < -0.39 is 6.10 Å². The molecule has 0 radical (unpaired) electrons. The summed E-state index contributed by atoms with van der Waals surface area (Å²) in [7, 11) is 3.49. The molecule has 0 aliphatic heterocycles. The maximum absolute atomic E-state index is 9.60. The standard InChI is InChI=1S/C10H21N5O2/c1-4-5-15-10(11-12-13-15)7-14(2)6-9(16)8-17-3/h9,16H,4-8H2,1-3H3. The minimum absolute atomic E-state index is 0.338. The summed E-state index contributed by atoms with van der Waals surface area (Å²) in [6.07, 6.45) is 0.508. The molecule has 0 amide bonds. The average Bonchev–Trinajstić information content (AvgIpc) is 2.66. The summed E-state index contributed by atoms with van der Waals surface area (Å²) in [5.74, 6) is 0.818. The maximum atomic E-state index is 9.60. The zero-order chi connectivity index (χ0) is 12.7. The molecule has 0 aliphatic rings. The molecule has 1 N–H and O–H groups in total. The second kappa shape index (κ2) is 7.31. The molecule has 0 saturated heterocycles. The van der Waals surface area contributed by atoms with Gasteiger partial charge in [0.05, 0.1) is 19.3 Å². The van der Waals surface area contributed by atoms with Crippen LogP contribution in [0.15, 0.2) is 0 Å². The minimum atomic E-state index is -0.486. The number of aryl methyl sites for hydroxylation is 1. The van der Waals surface area contributed by atoms with E-state index in [1.807, 2.05) is 11.9 Å². The molecule has 0 aliphatic carbocycles. The number of aromatic nitrogens is 4. The molecule has 17 heavy (non-hydrogen) atoms. The predicted molar refractivity (Wildman–Crippen MR) is 62.3 cm³/mol. The normalized spacial score (nSPS) is 13.2. The Hall–Kier alpha value is -1.05. The van der Waals surface area contributed by atoms with E-state index in [1.165, 1.54) is 0 Å². The first-order chi connectivity index (χ1) is 8.17. The first kappa shape index (κ1) is 14.0. The topological polar surface area (TPSA) is 76.3 Å². The van der Waals surface area contributed by atoms with Crippen LogP contribution >= 0.6 is 0 Å². The first-order valence-electron chi connectivity index (χ1n) is 5.78. The largest absolute Gasteiger partial charge is 0.389 e. The van der Waals surface area contributed by atoms with E-state index in [1.54, 1.807) is 11.8 Å². The summed E-state index contributed by atoms with van der Waals surface area (Å²) in [6.45, 7) is 4.39. The van der Waals surface area contributed by atoms with Crippen LogP contribution in [0.3, 0.4) is 0 Å². The maximum Gasteiger partial charge on any atom is 0.165 e. The quantitative estimate of drug-likeness (QED) is 0.664. The van der Waals surface area contributed by atoms with E-state index in [0.717, 1.165) is 18.8 Å². The zero-order valence-electron chi connectivity index (χ0n) is 10.7. The lowest BCUT2D eigenvalue weighted by atomic mass is 10.3. The van der Waals surface area contributed by atoms with Crippen LogP contribution in [0.4, 0.5) is 0 Å². The second-order valence-corrected chi connectivity index (χ2v) is 4.12. The molecular formula is C10H21N5O2. The molecule has 0 aromatic carbocycles. The van der Waals surface area contributed by atoms with Crippen molar-refractivity contribution in [1.82, 2.24) is 25.1 Å². The van der Waals surface area contributed by atoms with Gasteiger partial charge in [-0.05, 0) is 23.9 Å². The zero-order valence-corrected chi connectivity index (χ0v) is 10.7. The molecule has 7 heteroatoms. The molecule has 0 spiro atoms. The molecule has 0 bridgehead atoms. The van der Waals surface area contributed by atoms with Gasteiger partial charge in [0.15, 0.2) is 5.82 Å². The van der Waals surface area contributed by atoms with Crippen LogP contribution < -0.4 is 0 Å². The molecule has 1 rings (SSSR count). The van der Waals surface area contributed by atoms with Crippen molar-refractivity contribution in [1.29, 1.82) is 0 Å². The smallest absolute Gasteiger partial charge is 0.165 e. The van der Waals surface area contributed by atoms with Crippen LogP contribution in [0, 0.1) is 0 Å². The average molecular weight is 243 g/mol. The number of aliphatic hydroxyl groups is 1. The highest BCUT2D eigenvalue weighted by molar-refractivity contribution is 4.80. The third-order valence-corrected chi connectivity index (χ3v) is 2.33. The molecule has 0 fully saturated rings. The van der Waals surface area contributed by atoms with E-state index >= 15 is 0 Å². The molecule has 98 valence electrons. The fourth-order valence-corrected chi connectivity index (χ4v) is 1.63. The summed E-state index contributed by atoms with van der Waals surface area (Å²) < 4.78 is 6.67. The van der Waals surface area contributed by atoms with Crippen LogP contribution in [0.1, 0.15) is 19.2 Å². The lowest BCUT2D eigenvalue weighted by molar-refractivity contribution is 0.0411. The van der Waals surface area contributed by atoms with Crippen molar-refractivity contribution in [3.8, 4) is 0 Å². The highest BCUT2D eigenvalue weighted by atomic mass is 16.5.